The van der Waals surface area contributed by atoms with Crippen LogP contribution in [0.15, 0.2) is 22.7 Å². The van der Waals surface area contributed by atoms with Crippen molar-refractivity contribution in [2.24, 2.45) is 5.92 Å². The Labute approximate surface area is 123 Å². The van der Waals surface area contributed by atoms with E-state index in [2.05, 4.69) is 40.0 Å². The summed E-state index contributed by atoms with van der Waals surface area (Å²) in [5.41, 5.74) is 1.08. The molecule has 2 nitrogen and oxygen atoms in total. The molecule has 1 aromatic carbocycles. The number of rotatable bonds is 4. The van der Waals surface area contributed by atoms with Crippen molar-refractivity contribution < 1.29 is 4.39 Å². The molecule has 0 aromatic heterocycles. The summed E-state index contributed by atoms with van der Waals surface area (Å²) in [4.78, 5) is 2.47. The maximum absolute atomic E-state index is 13.8. The molecule has 2 rings (SSSR count). The lowest BCUT2D eigenvalue weighted by Crippen LogP contribution is -2.45. The van der Waals surface area contributed by atoms with Gasteiger partial charge in [-0.15, -0.1) is 0 Å². The quantitative estimate of drug-likeness (QED) is 0.908. The fraction of sp³-hybridized carbons (Fsp3) is 0.600. The van der Waals surface area contributed by atoms with Crippen molar-refractivity contribution in [1.82, 2.24) is 10.2 Å². The summed E-state index contributed by atoms with van der Waals surface area (Å²) in [6.45, 7) is 8.54. The van der Waals surface area contributed by atoms with E-state index in [1.807, 2.05) is 12.1 Å². The molecule has 1 N–H and O–H groups in total. The molecule has 19 heavy (non-hydrogen) atoms. The maximum Gasteiger partial charge on any atom is 0.137 e. The Kier molecular flexibility index (Phi) is 5.37. The van der Waals surface area contributed by atoms with E-state index in [4.69, 9.17) is 0 Å². The lowest BCUT2D eigenvalue weighted by atomic mass is 9.95. The molecule has 0 amide bonds. The van der Waals surface area contributed by atoms with Gasteiger partial charge in [0.25, 0.3) is 0 Å². The summed E-state index contributed by atoms with van der Waals surface area (Å²) in [6, 6.07) is 5.66. The molecule has 4 heteroatoms. The van der Waals surface area contributed by atoms with E-state index in [0.29, 0.717) is 16.4 Å². The normalized spacial score (nSPS) is 18.8. The monoisotopic (exact) mass is 328 g/mol. The maximum atomic E-state index is 13.8. The summed E-state index contributed by atoms with van der Waals surface area (Å²) in [7, 11) is 0. The van der Waals surface area contributed by atoms with Crippen molar-refractivity contribution in [2.75, 3.05) is 26.2 Å². The molecule has 0 radical (unpaired) electrons. The Morgan fingerprint density at radius 3 is 2.63 bits per heavy atom. The Balaban J connectivity index is 2.27. The van der Waals surface area contributed by atoms with Gasteiger partial charge in [-0.25, -0.2) is 4.39 Å². The molecule has 0 unspecified atom stereocenters. The minimum absolute atomic E-state index is 0.165. The Morgan fingerprint density at radius 2 is 2.00 bits per heavy atom. The van der Waals surface area contributed by atoms with E-state index in [1.54, 1.807) is 0 Å². The first-order valence-electron chi connectivity index (χ1n) is 6.98. The minimum Gasteiger partial charge on any atom is -0.314 e. The molecule has 1 aliphatic heterocycles. The number of nitrogens with one attached hydrogen (secondary N) is 1. The van der Waals surface area contributed by atoms with Crippen LogP contribution in [0.3, 0.4) is 0 Å². The van der Waals surface area contributed by atoms with Crippen molar-refractivity contribution in [3.63, 3.8) is 0 Å². The molecular formula is C15H22BrFN2. The highest BCUT2D eigenvalue weighted by Crippen LogP contribution is 2.34. The standard InChI is InChI=1S/C15H22BrFN2/c1-11(2)10-14(19-8-6-18-7-9-19)12-4-3-5-13(17)15(12)16/h3-5,11,14,18H,6-10H2,1-2H3/t14-/m0/s1. The molecule has 1 saturated heterocycles. The van der Waals surface area contributed by atoms with E-state index >= 15 is 0 Å². The van der Waals surface area contributed by atoms with Gasteiger partial charge < -0.3 is 5.32 Å². The highest BCUT2D eigenvalue weighted by Gasteiger charge is 2.25. The predicted octanol–water partition coefficient (Wildman–Crippen LogP) is 3.58. The second-order valence-corrected chi connectivity index (χ2v) is 6.37. The SMILES string of the molecule is CC(C)C[C@@H](c1cccc(F)c1Br)N1CCNCC1. The van der Waals surface area contributed by atoms with Gasteiger partial charge in [0, 0.05) is 32.2 Å². The van der Waals surface area contributed by atoms with Gasteiger partial charge in [0.2, 0.25) is 0 Å². The third-order valence-corrected chi connectivity index (χ3v) is 4.46. The van der Waals surface area contributed by atoms with E-state index in [0.717, 1.165) is 38.2 Å². The third-order valence-electron chi connectivity index (χ3n) is 3.63. The predicted molar refractivity (Wildman–Crippen MR) is 80.7 cm³/mol. The third kappa shape index (κ3) is 3.77. The summed E-state index contributed by atoms with van der Waals surface area (Å²) < 4.78 is 14.4. The summed E-state index contributed by atoms with van der Waals surface area (Å²) >= 11 is 3.42. The largest absolute Gasteiger partial charge is 0.314 e. The van der Waals surface area contributed by atoms with Gasteiger partial charge in [-0.1, -0.05) is 26.0 Å². The fourth-order valence-corrected chi connectivity index (χ4v) is 3.22. The van der Waals surface area contributed by atoms with E-state index in [-0.39, 0.29) is 5.82 Å². The molecule has 0 saturated carbocycles. The van der Waals surface area contributed by atoms with Crippen LogP contribution in [-0.4, -0.2) is 31.1 Å². The van der Waals surface area contributed by atoms with Crippen molar-refractivity contribution in [2.45, 2.75) is 26.3 Å². The van der Waals surface area contributed by atoms with Crippen LogP contribution >= 0.6 is 15.9 Å². The molecule has 1 aromatic rings. The Morgan fingerprint density at radius 1 is 1.32 bits per heavy atom. The highest BCUT2D eigenvalue weighted by atomic mass is 79.9. The zero-order valence-corrected chi connectivity index (χ0v) is 13.2. The van der Waals surface area contributed by atoms with Crippen LogP contribution < -0.4 is 5.32 Å². The van der Waals surface area contributed by atoms with Gasteiger partial charge in [0.15, 0.2) is 0 Å². The Bertz CT molecular complexity index is 417. The summed E-state index contributed by atoms with van der Waals surface area (Å²) in [5, 5.41) is 3.37. The number of hydrogen-bond donors (Lipinski definition) is 1. The van der Waals surface area contributed by atoms with Crippen LogP contribution in [0.5, 0.6) is 0 Å². The van der Waals surface area contributed by atoms with E-state index in [9.17, 15) is 4.39 Å². The summed E-state index contributed by atoms with van der Waals surface area (Å²) in [5.74, 6) is 0.427. The van der Waals surface area contributed by atoms with Crippen LogP contribution in [0.4, 0.5) is 4.39 Å². The van der Waals surface area contributed by atoms with Gasteiger partial charge in [0.05, 0.1) is 4.47 Å². The minimum atomic E-state index is -0.165. The zero-order valence-electron chi connectivity index (χ0n) is 11.6. The topological polar surface area (TPSA) is 15.3 Å². The van der Waals surface area contributed by atoms with Crippen molar-refractivity contribution >= 4 is 15.9 Å². The second-order valence-electron chi connectivity index (χ2n) is 5.57. The smallest absolute Gasteiger partial charge is 0.137 e. The average molecular weight is 329 g/mol. The second kappa shape index (κ2) is 6.82. The molecule has 0 aliphatic carbocycles. The number of piperazine rings is 1. The first kappa shape index (κ1) is 14.9. The average Bonchev–Trinajstić information content (AvgIpc) is 2.40. The van der Waals surface area contributed by atoms with Gasteiger partial charge in [-0.3, -0.25) is 4.90 Å². The Hall–Kier alpha value is -0.450. The molecule has 1 aliphatic rings. The number of benzene rings is 1. The van der Waals surface area contributed by atoms with Crippen LogP contribution in [0, 0.1) is 11.7 Å². The first-order valence-corrected chi connectivity index (χ1v) is 7.77. The van der Waals surface area contributed by atoms with Gasteiger partial charge >= 0.3 is 0 Å². The van der Waals surface area contributed by atoms with E-state index in [1.165, 1.54) is 6.07 Å². The zero-order chi connectivity index (χ0) is 13.8. The van der Waals surface area contributed by atoms with Gasteiger partial charge in [-0.05, 0) is 39.9 Å². The van der Waals surface area contributed by atoms with Crippen molar-refractivity contribution in [3.05, 3.63) is 34.1 Å². The lowest BCUT2D eigenvalue weighted by molar-refractivity contribution is 0.153. The molecule has 0 spiro atoms. The lowest BCUT2D eigenvalue weighted by Gasteiger charge is -2.36. The van der Waals surface area contributed by atoms with Crippen LogP contribution in [0.2, 0.25) is 0 Å². The van der Waals surface area contributed by atoms with Crippen LogP contribution in [0.25, 0.3) is 0 Å². The fourth-order valence-electron chi connectivity index (χ4n) is 2.69. The van der Waals surface area contributed by atoms with Crippen LogP contribution in [-0.2, 0) is 0 Å². The van der Waals surface area contributed by atoms with E-state index < -0.39 is 0 Å². The molecule has 0 bridgehead atoms. The first-order chi connectivity index (χ1) is 9.09. The van der Waals surface area contributed by atoms with Gasteiger partial charge in [-0.2, -0.15) is 0 Å². The number of nitrogens with zero attached hydrogens (tertiary/aromatic N) is 1. The molecule has 1 atom stereocenters. The highest BCUT2D eigenvalue weighted by molar-refractivity contribution is 9.10. The molecule has 1 fully saturated rings. The molecule has 106 valence electrons. The van der Waals surface area contributed by atoms with Crippen molar-refractivity contribution in [3.8, 4) is 0 Å². The number of halogens is 2. The molecule has 1 heterocycles. The van der Waals surface area contributed by atoms with Crippen molar-refractivity contribution in [1.29, 1.82) is 0 Å². The van der Waals surface area contributed by atoms with Crippen LogP contribution in [0.1, 0.15) is 31.9 Å². The molecular weight excluding hydrogens is 307 g/mol. The van der Waals surface area contributed by atoms with Gasteiger partial charge in [0.1, 0.15) is 5.82 Å². The summed E-state index contributed by atoms with van der Waals surface area (Å²) in [6.07, 6.45) is 1.06. The number of hydrogen-bond acceptors (Lipinski definition) is 2.